The number of carbonyl (C=O) groups is 1. The van der Waals surface area contributed by atoms with Crippen LogP contribution in [0.25, 0.3) is 10.8 Å². The van der Waals surface area contributed by atoms with Crippen LogP contribution < -0.4 is 4.72 Å². The Labute approximate surface area is 141 Å². The molecule has 1 atom stereocenters. The Hall–Kier alpha value is -1.96. The van der Waals surface area contributed by atoms with Crippen LogP contribution >= 0.6 is 0 Å². The number of fused-ring (bicyclic) bond motifs is 1. The van der Waals surface area contributed by atoms with Crippen LogP contribution in [-0.4, -0.2) is 37.7 Å². The number of rotatable bonds is 6. The molecule has 0 amide bonds. The first-order valence-corrected chi connectivity index (χ1v) is 8.95. The van der Waals surface area contributed by atoms with Crippen molar-refractivity contribution in [2.45, 2.75) is 37.3 Å². The summed E-state index contributed by atoms with van der Waals surface area (Å²) in [6.45, 7) is 5.05. The number of carboxylic acids is 1. The molecular formula is C17H21NO5S. The average molecular weight is 351 g/mol. The minimum atomic E-state index is -4.01. The Bertz CT molecular complexity index is 834. The summed E-state index contributed by atoms with van der Waals surface area (Å²) >= 11 is 0. The summed E-state index contributed by atoms with van der Waals surface area (Å²) in [4.78, 5) is 11.4. The third-order valence-corrected chi connectivity index (χ3v) is 4.85. The predicted octanol–water partition coefficient (Wildman–Crippen LogP) is 2.39. The maximum absolute atomic E-state index is 12.7. The fraction of sp³-hybridized carbons (Fsp3) is 0.353. The molecule has 0 aliphatic rings. The van der Waals surface area contributed by atoms with Gasteiger partial charge >= 0.3 is 5.97 Å². The van der Waals surface area contributed by atoms with E-state index < -0.39 is 27.6 Å². The molecule has 0 fully saturated rings. The second-order valence-corrected chi connectivity index (χ2v) is 8.10. The molecule has 0 radical (unpaired) electrons. The van der Waals surface area contributed by atoms with Crippen LogP contribution in [0.15, 0.2) is 47.4 Å². The standard InChI is InChI=1S/C17H21NO5S/c1-17(2,3)23-11-14(16(19)20)18-24(21,22)15-10-6-8-12-7-4-5-9-13(12)15/h4-10,14,18H,11H2,1-3H3,(H,19,20)/t14-/m0/s1. The maximum Gasteiger partial charge on any atom is 0.324 e. The van der Waals surface area contributed by atoms with E-state index in [1.165, 1.54) is 6.07 Å². The van der Waals surface area contributed by atoms with Crippen molar-refractivity contribution in [3.8, 4) is 0 Å². The summed E-state index contributed by atoms with van der Waals surface area (Å²) in [7, 11) is -4.01. The molecule has 2 aromatic rings. The number of benzene rings is 2. The van der Waals surface area contributed by atoms with Crippen molar-refractivity contribution >= 4 is 26.8 Å². The topological polar surface area (TPSA) is 92.7 Å². The molecular weight excluding hydrogens is 330 g/mol. The smallest absolute Gasteiger partial charge is 0.324 e. The van der Waals surface area contributed by atoms with E-state index in [4.69, 9.17) is 4.74 Å². The van der Waals surface area contributed by atoms with Gasteiger partial charge in [-0.3, -0.25) is 4.79 Å². The Balaban J connectivity index is 2.32. The van der Waals surface area contributed by atoms with E-state index in [9.17, 15) is 18.3 Å². The molecule has 0 aliphatic heterocycles. The van der Waals surface area contributed by atoms with Crippen LogP contribution in [-0.2, 0) is 19.6 Å². The van der Waals surface area contributed by atoms with Gasteiger partial charge in [0.1, 0.15) is 6.04 Å². The normalized spacial score (nSPS) is 13.8. The molecule has 2 N–H and O–H groups in total. The number of ether oxygens (including phenoxy) is 1. The molecule has 0 heterocycles. The Morgan fingerprint density at radius 2 is 1.79 bits per heavy atom. The fourth-order valence-corrected chi connectivity index (χ4v) is 3.57. The molecule has 2 rings (SSSR count). The molecule has 0 saturated carbocycles. The largest absolute Gasteiger partial charge is 0.480 e. The molecule has 0 bridgehead atoms. The average Bonchev–Trinajstić information content (AvgIpc) is 2.49. The van der Waals surface area contributed by atoms with Gasteiger partial charge < -0.3 is 9.84 Å². The zero-order valence-electron chi connectivity index (χ0n) is 13.8. The SMILES string of the molecule is CC(C)(C)OC[C@H](NS(=O)(=O)c1cccc2ccccc12)C(=O)O. The molecule has 24 heavy (non-hydrogen) atoms. The number of aliphatic carboxylic acids is 1. The monoisotopic (exact) mass is 351 g/mol. The van der Waals surface area contributed by atoms with E-state index in [1.54, 1.807) is 51.1 Å². The molecule has 2 aromatic carbocycles. The highest BCUT2D eigenvalue weighted by Crippen LogP contribution is 2.23. The first kappa shape index (κ1) is 18.4. The summed E-state index contributed by atoms with van der Waals surface area (Å²) in [5.41, 5.74) is -0.571. The van der Waals surface area contributed by atoms with Crippen molar-refractivity contribution in [1.82, 2.24) is 4.72 Å². The summed E-state index contributed by atoms with van der Waals surface area (Å²) < 4.78 is 32.9. The zero-order chi connectivity index (χ0) is 18.0. The van der Waals surface area contributed by atoms with Gasteiger partial charge in [0.25, 0.3) is 0 Å². The van der Waals surface area contributed by atoms with Crippen molar-refractivity contribution in [3.63, 3.8) is 0 Å². The molecule has 0 aliphatic carbocycles. The quantitative estimate of drug-likeness (QED) is 0.833. The number of sulfonamides is 1. The van der Waals surface area contributed by atoms with Gasteiger partial charge in [-0.05, 0) is 32.2 Å². The van der Waals surface area contributed by atoms with Crippen LogP contribution in [0.2, 0.25) is 0 Å². The minimum Gasteiger partial charge on any atom is -0.480 e. The summed E-state index contributed by atoms with van der Waals surface area (Å²) in [6.07, 6.45) is 0. The second kappa shape index (κ2) is 6.88. The molecule has 0 saturated heterocycles. The zero-order valence-corrected chi connectivity index (χ0v) is 14.6. The van der Waals surface area contributed by atoms with E-state index in [1.807, 2.05) is 6.07 Å². The highest BCUT2D eigenvalue weighted by molar-refractivity contribution is 7.89. The summed E-state index contributed by atoms with van der Waals surface area (Å²) in [5.74, 6) is -1.29. The lowest BCUT2D eigenvalue weighted by Crippen LogP contribution is -2.45. The third kappa shape index (κ3) is 4.53. The highest BCUT2D eigenvalue weighted by Gasteiger charge is 2.28. The van der Waals surface area contributed by atoms with Crippen molar-refractivity contribution in [2.24, 2.45) is 0 Å². The van der Waals surface area contributed by atoms with Crippen LogP contribution in [0, 0.1) is 0 Å². The lowest BCUT2D eigenvalue weighted by Gasteiger charge is -2.23. The summed E-state index contributed by atoms with van der Waals surface area (Å²) in [6, 6.07) is 10.5. The highest BCUT2D eigenvalue weighted by atomic mass is 32.2. The molecule has 0 spiro atoms. The van der Waals surface area contributed by atoms with Crippen molar-refractivity contribution < 1.29 is 23.1 Å². The van der Waals surface area contributed by atoms with Gasteiger partial charge in [-0.1, -0.05) is 36.4 Å². The van der Waals surface area contributed by atoms with Crippen molar-refractivity contribution in [2.75, 3.05) is 6.61 Å². The third-order valence-electron chi connectivity index (χ3n) is 3.32. The van der Waals surface area contributed by atoms with Gasteiger partial charge in [-0.15, -0.1) is 0 Å². The number of nitrogens with one attached hydrogen (secondary N) is 1. The van der Waals surface area contributed by atoms with Crippen molar-refractivity contribution in [1.29, 1.82) is 0 Å². The van der Waals surface area contributed by atoms with E-state index in [-0.39, 0.29) is 11.5 Å². The number of carboxylic acid groups (broad SMARTS) is 1. The second-order valence-electron chi connectivity index (χ2n) is 6.41. The Morgan fingerprint density at radius 1 is 1.17 bits per heavy atom. The van der Waals surface area contributed by atoms with E-state index in [0.29, 0.717) is 5.39 Å². The number of hydrogen-bond acceptors (Lipinski definition) is 4. The Morgan fingerprint density at radius 3 is 2.42 bits per heavy atom. The first-order valence-electron chi connectivity index (χ1n) is 7.47. The van der Waals surface area contributed by atoms with Gasteiger partial charge in [-0.25, -0.2) is 8.42 Å². The minimum absolute atomic E-state index is 0.0441. The molecule has 7 heteroatoms. The predicted molar refractivity (Wildman–Crippen MR) is 91.4 cm³/mol. The van der Waals surface area contributed by atoms with Crippen molar-refractivity contribution in [3.05, 3.63) is 42.5 Å². The van der Waals surface area contributed by atoms with Gasteiger partial charge in [0.15, 0.2) is 0 Å². The van der Waals surface area contributed by atoms with E-state index >= 15 is 0 Å². The lowest BCUT2D eigenvalue weighted by molar-refractivity contribution is -0.142. The molecule has 0 unspecified atom stereocenters. The van der Waals surface area contributed by atoms with Crippen LogP contribution in [0.3, 0.4) is 0 Å². The summed E-state index contributed by atoms with van der Waals surface area (Å²) in [5, 5.41) is 10.6. The maximum atomic E-state index is 12.7. The molecule has 6 nitrogen and oxygen atoms in total. The van der Waals surface area contributed by atoms with Crippen LogP contribution in [0.4, 0.5) is 0 Å². The van der Waals surface area contributed by atoms with E-state index in [0.717, 1.165) is 5.39 Å². The first-order chi connectivity index (χ1) is 11.1. The van der Waals surface area contributed by atoms with Crippen LogP contribution in [0.5, 0.6) is 0 Å². The lowest BCUT2D eigenvalue weighted by atomic mass is 10.1. The van der Waals surface area contributed by atoms with Gasteiger partial charge in [-0.2, -0.15) is 4.72 Å². The molecule has 0 aromatic heterocycles. The van der Waals surface area contributed by atoms with Gasteiger partial charge in [0.2, 0.25) is 10.0 Å². The fourth-order valence-electron chi connectivity index (χ4n) is 2.17. The number of hydrogen-bond donors (Lipinski definition) is 2. The van der Waals surface area contributed by atoms with E-state index in [2.05, 4.69) is 4.72 Å². The van der Waals surface area contributed by atoms with Gasteiger partial charge in [0, 0.05) is 5.39 Å². The Kier molecular flexibility index (Phi) is 5.27. The van der Waals surface area contributed by atoms with Crippen LogP contribution in [0.1, 0.15) is 20.8 Å². The molecule has 130 valence electrons. The van der Waals surface area contributed by atoms with Gasteiger partial charge in [0.05, 0.1) is 17.1 Å².